The van der Waals surface area contributed by atoms with Gasteiger partial charge in [0.25, 0.3) is 0 Å². The maximum Gasteiger partial charge on any atom is 0.468 e. The van der Waals surface area contributed by atoms with Crippen molar-refractivity contribution in [3.8, 4) is 34.2 Å². The van der Waals surface area contributed by atoms with Gasteiger partial charge in [0.15, 0.2) is 5.76 Å². The molecule has 0 aliphatic heterocycles. The number of halogens is 4. The van der Waals surface area contributed by atoms with Crippen LogP contribution in [0.3, 0.4) is 0 Å². The summed E-state index contributed by atoms with van der Waals surface area (Å²) in [5.41, 5.74) is 6.20. The number of nitrogens with two attached hydrogens (primary N) is 1. The van der Waals surface area contributed by atoms with Crippen LogP contribution in [0.4, 0.5) is 13.2 Å². The van der Waals surface area contributed by atoms with E-state index in [1.165, 1.54) is 19.4 Å². The van der Waals surface area contributed by atoms with Crippen LogP contribution >= 0.6 is 12.4 Å². The minimum Gasteiger partial charge on any atom is -0.492 e. The smallest absolute Gasteiger partial charge is 0.468 e. The molecule has 0 aliphatic carbocycles. The van der Waals surface area contributed by atoms with Crippen LogP contribution in [0.1, 0.15) is 5.89 Å². The maximum atomic E-state index is 13.1. The molecule has 2 N–H and O–H groups in total. The first kappa shape index (κ1) is 21.5. The summed E-state index contributed by atoms with van der Waals surface area (Å²) >= 11 is 0. The molecule has 0 saturated heterocycles. The zero-order valence-electron chi connectivity index (χ0n) is 14.7. The highest BCUT2D eigenvalue weighted by Gasteiger charge is 2.39. The van der Waals surface area contributed by atoms with E-state index in [9.17, 15) is 13.2 Å². The molecule has 28 heavy (non-hydrogen) atoms. The summed E-state index contributed by atoms with van der Waals surface area (Å²) in [6.07, 6.45) is -3.34. The third-order valence-corrected chi connectivity index (χ3v) is 3.59. The monoisotopic (exact) mass is 415 g/mol. The molecule has 0 atom stereocenters. The van der Waals surface area contributed by atoms with E-state index in [1.54, 1.807) is 30.3 Å². The number of benzene rings is 1. The molecule has 1 aromatic carbocycles. The topological polar surface area (TPSA) is 83.4 Å². The number of hydrogen-bond donors (Lipinski definition) is 1. The number of aromatic nitrogens is 2. The molecule has 0 fully saturated rings. The molecule has 150 valence electrons. The standard InChI is InChI=1S/C18H16F3N3O3.ClH/c1-25-14-7-4-12(10-23-14)15-16(27-17(24-15)18(19,20)21)11-2-5-13(6-3-11)26-9-8-22;/h2-7,10H,8-9,22H2,1H3;1H. The van der Waals surface area contributed by atoms with E-state index in [1.807, 2.05) is 0 Å². The summed E-state index contributed by atoms with van der Waals surface area (Å²) in [6.45, 7) is 0.691. The summed E-state index contributed by atoms with van der Waals surface area (Å²) in [4.78, 5) is 7.65. The Labute approximate surface area is 164 Å². The van der Waals surface area contributed by atoms with Gasteiger partial charge >= 0.3 is 12.1 Å². The second-order valence-corrected chi connectivity index (χ2v) is 5.45. The zero-order chi connectivity index (χ0) is 19.4. The van der Waals surface area contributed by atoms with E-state index >= 15 is 0 Å². The van der Waals surface area contributed by atoms with Crippen LogP contribution in [-0.2, 0) is 6.18 Å². The van der Waals surface area contributed by atoms with Crippen molar-refractivity contribution in [2.24, 2.45) is 5.73 Å². The van der Waals surface area contributed by atoms with Crippen molar-refractivity contribution in [2.45, 2.75) is 6.18 Å². The van der Waals surface area contributed by atoms with E-state index in [-0.39, 0.29) is 23.9 Å². The fourth-order valence-corrected chi connectivity index (χ4v) is 2.35. The molecule has 10 heteroatoms. The average molecular weight is 416 g/mol. The van der Waals surface area contributed by atoms with E-state index in [4.69, 9.17) is 19.6 Å². The van der Waals surface area contributed by atoms with Crippen molar-refractivity contribution in [1.82, 2.24) is 9.97 Å². The van der Waals surface area contributed by atoms with Gasteiger partial charge in [-0.3, -0.25) is 0 Å². The Morgan fingerprint density at radius 2 is 1.75 bits per heavy atom. The van der Waals surface area contributed by atoms with Crippen LogP contribution in [0, 0.1) is 0 Å². The number of rotatable bonds is 6. The van der Waals surface area contributed by atoms with Crippen LogP contribution in [-0.4, -0.2) is 30.2 Å². The largest absolute Gasteiger partial charge is 0.492 e. The Morgan fingerprint density at radius 3 is 2.29 bits per heavy atom. The summed E-state index contributed by atoms with van der Waals surface area (Å²) in [6, 6.07) is 9.52. The van der Waals surface area contributed by atoms with Gasteiger partial charge in [-0.25, -0.2) is 9.97 Å². The number of hydrogen-bond acceptors (Lipinski definition) is 6. The Kier molecular flexibility index (Phi) is 6.87. The predicted octanol–water partition coefficient (Wildman–Crippen LogP) is 4.19. The highest BCUT2D eigenvalue weighted by atomic mass is 35.5. The third kappa shape index (κ3) is 4.73. The quantitative estimate of drug-likeness (QED) is 0.650. The second kappa shape index (κ2) is 8.94. The fourth-order valence-electron chi connectivity index (χ4n) is 2.35. The molecule has 0 unspecified atom stereocenters. The van der Waals surface area contributed by atoms with Crippen LogP contribution in [0.25, 0.3) is 22.6 Å². The summed E-state index contributed by atoms with van der Waals surface area (Å²) < 4.78 is 54.7. The molecule has 0 spiro atoms. The molecule has 0 saturated carbocycles. The van der Waals surface area contributed by atoms with Crippen LogP contribution in [0.15, 0.2) is 47.0 Å². The summed E-state index contributed by atoms with van der Waals surface area (Å²) in [7, 11) is 1.44. The minimum atomic E-state index is -4.71. The van der Waals surface area contributed by atoms with Crippen LogP contribution in [0.5, 0.6) is 11.6 Å². The SMILES string of the molecule is COc1ccc(-c2nc(C(F)(F)F)oc2-c2ccc(OCCN)cc2)cn1.Cl. The summed E-state index contributed by atoms with van der Waals surface area (Å²) in [5.74, 6) is -0.458. The number of methoxy groups -OCH3 is 1. The van der Waals surface area contributed by atoms with Gasteiger partial charge in [0.1, 0.15) is 18.1 Å². The molecule has 2 heterocycles. The molecule has 0 bridgehead atoms. The van der Waals surface area contributed by atoms with Crippen molar-refractivity contribution < 1.29 is 27.1 Å². The molecule has 0 radical (unpaired) electrons. The molecule has 3 rings (SSSR count). The van der Waals surface area contributed by atoms with Crippen LogP contribution in [0.2, 0.25) is 0 Å². The number of oxazole rings is 1. The van der Waals surface area contributed by atoms with Crippen molar-refractivity contribution >= 4 is 12.4 Å². The first-order chi connectivity index (χ1) is 12.9. The second-order valence-electron chi connectivity index (χ2n) is 5.45. The van der Waals surface area contributed by atoms with Crippen molar-refractivity contribution in [3.05, 3.63) is 48.5 Å². The van der Waals surface area contributed by atoms with Crippen LogP contribution < -0.4 is 15.2 Å². The average Bonchev–Trinajstić information content (AvgIpc) is 3.13. The van der Waals surface area contributed by atoms with Crippen molar-refractivity contribution in [2.75, 3.05) is 20.3 Å². The lowest BCUT2D eigenvalue weighted by atomic mass is 10.1. The van der Waals surface area contributed by atoms with Gasteiger partial charge in [-0.05, 0) is 30.3 Å². The number of alkyl halides is 3. The van der Waals surface area contributed by atoms with E-state index in [0.29, 0.717) is 35.9 Å². The lowest BCUT2D eigenvalue weighted by molar-refractivity contribution is -0.156. The normalized spacial score (nSPS) is 11.0. The Bertz CT molecular complexity index is 897. The van der Waals surface area contributed by atoms with Crippen molar-refractivity contribution in [3.63, 3.8) is 0 Å². The highest BCUT2D eigenvalue weighted by Crippen LogP contribution is 2.38. The Hall–Kier alpha value is -2.78. The zero-order valence-corrected chi connectivity index (χ0v) is 15.5. The van der Waals surface area contributed by atoms with Gasteiger partial charge in [0.2, 0.25) is 5.88 Å². The predicted molar refractivity (Wildman–Crippen MR) is 98.5 cm³/mol. The molecular weight excluding hydrogens is 399 g/mol. The molecule has 2 aromatic heterocycles. The van der Waals surface area contributed by atoms with Gasteiger partial charge in [0, 0.05) is 29.9 Å². The number of nitrogens with zero attached hydrogens (tertiary/aromatic N) is 2. The van der Waals surface area contributed by atoms with Gasteiger partial charge in [-0.1, -0.05) is 0 Å². The maximum absolute atomic E-state index is 13.1. The first-order valence-electron chi connectivity index (χ1n) is 7.94. The molecule has 3 aromatic rings. The lowest BCUT2D eigenvalue weighted by Crippen LogP contribution is -2.10. The van der Waals surface area contributed by atoms with E-state index in [2.05, 4.69) is 9.97 Å². The molecule has 0 aliphatic rings. The Balaban J connectivity index is 0.00000280. The first-order valence-corrected chi connectivity index (χ1v) is 7.94. The molecular formula is C18H17ClF3N3O3. The molecule has 0 amide bonds. The number of pyridine rings is 1. The van der Waals surface area contributed by atoms with Gasteiger partial charge < -0.3 is 19.6 Å². The van der Waals surface area contributed by atoms with E-state index < -0.39 is 12.1 Å². The van der Waals surface area contributed by atoms with Gasteiger partial charge in [0.05, 0.1) is 7.11 Å². The summed E-state index contributed by atoms with van der Waals surface area (Å²) in [5, 5.41) is 0. The lowest BCUT2D eigenvalue weighted by Gasteiger charge is -2.06. The third-order valence-electron chi connectivity index (χ3n) is 3.59. The fraction of sp³-hybridized carbons (Fsp3) is 0.222. The van der Waals surface area contributed by atoms with E-state index in [0.717, 1.165) is 0 Å². The number of ether oxygens (including phenoxy) is 2. The minimum absolute atomic E-state index is 0. The van der Waals surface area contributed by atoms with Crippen molar-refractivity contribution in [1.29, 1.82) is 0 Å². The van der Waals surface area contributed by atoms with Gasteiger partial charge in [-0.15, -0.1) is 12.4 Å². The molecule has 6 nitrogen and oxygen atoms in total. The highest BCUT2D eigenvalue weighted by molar-refractivity contribution is 5.85. The Morgan fingerprint density at radius 1 is 1.07 bits per heavy atom. The van der Waals surface area contributed by atoms with Gasteiger partial charge in [-0.2, -0.15) is 13.2 Å².